The van der Waals surface area contributed by atoms with Crippen LogP contribution in [0.25, 0.3) is 0 Å². The second-order valence-corrected chi connectivity index (χ2v) is 8.76. The van der Waals surface area contributed by atoms with Gasteiger partial charge in [0.1, 0.15) is 6.61 Å². The predicted octanol–water partition coefficient (Wildman–Crippen LogP) is 3.13. The van der Waals surface area contributed by atoms with Crippen LogP contribution in [0.5, 0.6) is 0 Å². The molecule has 1 aliphatic heterocycles. The lowest BCUT2D eigenvalue weighted by atomic mass is 9.78. The number of esters is 1. The summed E-state index contributed by atoms with van der Waals surface area (Å²) >= 11 is 6.62. The van der Waals surface area contributed by atoms with Crippen LogP contribution in [-0.4, -0.2) is 89.2 Å². The van der Waals surface area contributed by atoms with Crippen molar-refractivity contribution in [1.82, 2.24) is 14.7 Å². The first-order valence-electron chi connectivity index (χ1n) is 10.6. The molecule has 0 spiro atoms. The molecule has 1 aromatic rings. The van der Waals surface area contributed by atoms with Gasteiger partial charge in [-0.05, 0) is 45.4 Å². The smallest absolute Gasteiger partial charge is 0.336 e. The molecule has 0 saturated carbocycles. The highest BCUT2D eigenvalue weighted by molar-refractivity contribution is 6.31. The fourth-order valence-electron chi connectivity index (χ4n) is 4.04. The zero-order valence-electron chi connectivity index (χ0n) is 19.9. The molecular weight excluding hydrogens is 430 g/mol. The van der Waals surface area contributed by atoms with Gasteiger partial charge < -0.3 is 24.2 Å². The Bertz CT molecular complexity index is 880. The Balaban J connectivity index is 2.79. The minimum absolute atomic E-state index is 0.0634. The molecule has 0 radical (unpaired) electrons. The van der Waals surface area contributed by atoms with Gasteiger partial charge in [-0.2, -0.15) is 0 Å². The molecule has 8 heteroatoms. The molecular formula is C24H34ClN3O4. The third-order valence-electron chi connectivity index (χ3n) is 5.65. The highest BCUT2D eigenvalue weighted by Crippen LogP contribution is 2.45. The summed E-state index contributed by atoms with van der Waals surface area (Å²) in [6.07, 6.45) is 1.38. The van der Waals surface area contributed by atoms with Gasteiger partial charge in [-0.3, -0.25) is 4.79 Å². The van der Waals surface area contributed by atoms with E-state index in [0.29, 0.717) is 23.5 Å². The number of benzene rings is 1. The maximum Gasteiger partial charge on any atom is 0.336 e. The molecule has 176 valence electrons. The van der Waals surface area contributed by atoms with E-state index in [2.05, 4.69) is 14.7 Å². The third-order valence-corrected chi connectivity index (χ3v) is 5.99. The lowest BCUT2D eigenvalue weighted by Gasteiger charge is -2.39. The number of hydrogen-bond acceptors (Lipinski definition) is 7. The lowest BCUT2D eigenvalue weighted by Crippen LogP contribution is -2.35. The second kappa shape index (κ2) is 12.0. The van der Waals surface area contributed by atoms with E-state index in [4.69, 9.17) is 21.1 Å². The molecule has 0 bridgehead atoms. The van der Waals surface area contributed by atoms with Gasteiger partial charge in [0, 0.05) is 55.3 Å². The van der Waals surface area contributed by atoms with Gasteiger partial charge in [-0.1, -0.05) is 29.8 Å². The van der Waals surface area contributed by atoms with Gasteiger partial charge in [-0.25, -0.2) is 4.79 Å². The highest BCUT2D eigenvalue weighted by atomic mass is 35.5. The average molecular weight is 464 g/mol. The van der Waals surface area contributed by atoms with Crippen molar-refractivity contribution in [3.05, 3.63) is 57.4 Å². The fraction of sp³-hybridized carbons (Fsp3) is 0.500. The zero-order chi connectivity index (χ0) is 23.8. The van der Waals surface area contributed by atoms with Crippen LogP contribution in [0.1, 0.15) is 24.3 Å². The molecule has 0 saturated heterocycles. The Morgan fingerprint density at radius 1 is 1.09 bits per heavy atom. The summed E-state index contributed by atoms with van der Waals surface area (Å²) in [5.74, 6) is -0.882. The fourth-order valence-corrected chi connectivity index (χ4v) is 4.29. The van der Waals surface area contributed by atoms with E-state index in [-0.39, 0.29) is 6.61 Å². The normalized spacial score (nSPS) is 16.8. The number of ether oxygens (including phenoxy) is 2. The van der Waals surface area contributed by atoms with Crippen molar-refractivity contribution in [2.45, 2.75) is 18.8 Å². The van der Waals surface area contributed by atoms with Gasteiger partial charge in [0.2, 0.25) is 0 Å². The van der Waals surface area contributed by atoms with Crippen LogP contribution < -0.4 is 0 Å². The molecule has 7 nitrogen and oxygen atoms in total. The van der Waals surface area contributed by atoms with Gasteiger partial charge >= 0.3 is 5.97 Å². The minimum atomic E-state index is -0.471. The van der Waals surface area contributed by atoms with E-state index in [9.17, 15) is 9.59 Å². The number of nitrogens with zero attached hydrogens (tertiary/aromatic N) is 3. The standard InChI is InChI=1S/C24H34ClN3O4/c1-26(2)13-11-20-18(15-32-16-29)22(17-9-7-8-10-19(17)25)23(24(30)31-6)21(28(20)5)12-14-27(3)4/h7-10,16,22H,11-15H2,1-6H3. The van der Waals surface area contributed by atoms with Crippen LogP contribution in [-0.2, 0) is 19.1 Å². The first-order chi connectivity index (χ1) is 15.2. The summed E-state index contributed by atoms with van der Waals surface area (Å²) in [6.45, 7) is 2.06. The Kier molecular flexibility index (Phi) is 9.75. The number of carbonyl (C=O) groups excluding carboxylic acids is 2. The molecule has 0 N–H and O–H groups in total. The van der Waals surface area contributed by atoms with Crippen molar-refractivity contribution in [3.63, 3.8) is 0 Å². The number of halogens is 1. The van der Waals surface area contributed by atoms with Gasteiger partial charge in [0.15, 0.2) is 0 Å². The summed E-state index contributed by atoms with van der Waals surface area (Å²) < 4.78 is 10.5. The van der Waals surface area contributed by atoms with Crippen molar-refractivity contribution in [2.75, 3.05) is 62.0 Å². The van der Waals surface area contributed by atoms with Crippen LogP contribution in [0.2, 0.25) is 5.02 Å². The van der Waals surface area contributed by atoms with Crippen LogP contribution in [0.15, 0.2) is 46.8 Å². The molecule has 2 rings (SSSR count). The average Bonchev–Trinajstić information content (AvgIpc) is 2.75. The summed E-state index contributed by atoms with van der Waals surface area (Å²) in [7, 11) is 11.4. The summed E-state index contributed by atoms with van der Waals surface area (Å²) in [5, 5.41) is 0.547. The molecule has 0 fully saturated rings. The Hall–Kier alpha value is -2.35. The van der Waals surface area contributed by atoms with E-state index in [1.54, 1.807) is 6.07 Å². The van der Waals surface area contributed by atoms with Crippen molar-refractivity contribution >= 4 is 24.0 Å². The summed E-state index contributed by atoms with van der Waals surface area (Å²) in [5.41, 5.74) is 4.06. The van der Waals surface area contributed by atoms with Crippen LogP contribution in [0.3, 0.4) is 0 Å². The van der Waals surface area contributed by atoms with Gasteiger partial charge in [-0.15, -0.1) is 0 Å². The minimum Gasteiger partial charge on any atom is -0.466 e. The number of carbonyl (C=O) groups is 2. The van der Waals surface area contributed by atoms with Crippen molar-refractivity contribution < 1.29 is 19.1 Å². The SMILES string of the molecule is COC(=O)C1=C(CCN(C)C)N(C)C(CCN(C)C)=C(COC=O)C1c1ccccc1Cl. The summed E-state index contributed by atoms with van der Waals surface area (Å²) in [4.78, 5) is 30.5. The van der Waals surface area contributed by atoms with Crippen LogP contribution >= 0.6 is 11.6 Å². The number of hydrogen-bond donors (Lipinski definition) is 0. The molecule has 0 aliphatic carbocycles. The molecule has 1 aliphatic rings. The van der Waals surface area contributed by atoms with Gasteiger partial charge in [0.05, 0.1) is 12.7 Å². The second-order valence-electron chi connectivity index (χ2n) is 8.35. The highest BCUT2D eigenvalue weighted by Gasteiger charge is 2.39. The largest absolute Gasteiger partial charge is 0.466 e. The van der Waals surface area contributed by atoms with Crippen molar-refractivity contribution in [1.29, 1.82) is 0 Å². The van der Waals surface area contributed by atoms with Crippen LogP contribution in [0.4, 0.5) is 0 Å². The van der Waals surface area contributed by atoms with Crippen LogP contribution in [0, 0.1) is 0 Å². The van der Waals surface area contributed by atoms with Crippen molar-refractivity contribution in [3.8, 4) is 0 Å². The molecule has 1 unspecified atom stereocenters. The summed E-state index contributed by atoms with van der Waals surface area (Å²) in [6, 6.07) is 7.47. The lowest BCUT2D eigenvalue weighted by molar-refractivity contribution is -0.136. The molecule has 32 heavy (non-hydrogen) atoms. The zero-order valence-corrected chi connectivity index (χ0v) is 20.6. The van der Waals surface area contributed by atoms with E-state index < -0.39 is 11.9 Å². The number of rotatable bonds is 11. The third kappa shape index (κ3) is 6.12. The van der Waals surface area contributed by atoms with E-state index >= 15 is 0 Å². The predicted molar refractivity (Wildman–Crippen MR) is 126 cm³/mol. The maximum atomic E-state index is 13.2. The van der Waals surface area contributed by atoms with E-state index in [0.717, 1.165) is 42.0 Å². The molecule has 1 aromatic carbocycles. The molecule has 1 atom stereocenters. The van der Waals surface area contributed by atoms with E-state index in [1.165, 1.54) is 7.11 Å². The Morgan fingerprint density at radius 3 is 2.22 bits per heavy atom. The van der Waals surface area contributed by atoms with Crippen molar-refractivity contribution in [2.24, 2.45) is 0 Å². The number of methoxy groups -OCH3 is 1. The molecule has 1 heterocycles. The first kappa shape index (κ1) is 25.9. The molecule has 0 amide bonds. The monoisotopic (exact) mass is 463 g/mol. The quantitative estimate of drug-likeness (QED) is 0.369. The Labute approximate surface area is 196 Å². The molecule has 0 aromatic heterocycles. The van der Waals surface area contributed by atoms with Gasteiger partial charge in [0.25, 0.3) is 6.47 Å². The maximum absolute atomic E-state index is 13.2. The topological polar surface area (TPSA) is 62.3 Å². The Morgan fingerprint density at radius 2 is 1.69 bits per heavy atom. The first-order valence-corrected chi connectivity index (χ1v) is 11.0. The van der Waals surface area contributed by atoms with E-state index in [1.807, 2.05) is 53.4 Å².